The molecule has 0 aliphatic heterocycles. The summed E-state index contributed by atoms with van der Waals surface area (Å²) in [6.07, 6.45) is 1.81. The molecule has 1 amide bonds. The van der Waals surface area contributed by atoms with Crippen molar-refractivity contribution in [1.82, 2.24) is 4.57 Å². The van der Waals surface area contributed by atoms with Crippen molar-refractivity contribution < 1.29 is 9.90 Å². The largest absolute Gasteiger partial charge is 0.493 e. The Morgan fingerprint density at radius 2 is 2.16 bits per heavy atom. The molecule has 0 atom stereocenters. The number of azo groups is 1. The molecular formula is C14H15N3O2. The summed E-state index contributed by atoms with van der Waals surface area (Å²) in [6, 6.07) is 7.57. The molecule has 0 saturated heterocycles. The quantitative estimate of drug-likeness (QED) is 0.856. The zero-order chi connectivity index (χ0) is 13.4. The Balaban J connectivity index is 2.07. The van der Waals surface area contributed by atoms with Crippen molar-refractivity contribution in [2.24, 2.45) is 16.1 Å². The second kappa shape index (κ2) is 4.50. The van der Waals surface area contributed by atoms with Crippen molar-refractivity contribution in [3.8, 4) is 5.88 Å². The molecule has 1 fully saturated rings. The molecule has 1 N–H and O–H groups in total. The van der Waals surface area contributed by atoms with E-state index in [2.05, 4.69) is 10.2 Å². The Labute approximate surface area is 110 Å². The molecule has 1 aromatic heterocycles. The normalized spacial score (nSPS) is 15.4. The van der Waals surface area contributed by atoms with E-state index in [1.807, 2.05) is 31.2 Å². The van der Waals surface area contributed by atoms with Gasteiger partial charge < -0.3 is 9.67 Å². The number of benzene rings is 1. The summed E-state index contributed by atoms with van der Waals surface area (Å²) in [6.45, 7) is 2.58. The van der Waals surface area contributed by atoms with Gasteiger partial charge in [-0.2, -0.15) is 0 Å². The van der Waals surface area contributed by atoms with E-state index in [1.54, 1.807) is 4.57 Å². The van der Waals surface area contributed by atoms with Crippen LogP contribution in [0.1, 0.15) is 19.8 Å². The van der Waals surface area contributed by atoms with E-state index in [1.165, 1.54) is 0 Å². The predicted octanol–water partition coefficient (Wildman–Crippen LogP) is 3.39. The summed E-state index contributed by atoms with van der Waals surface area (Å²) in [4.78, 5) is 11.6. The minimum Gasteiger partial charge on any atom is -0.493 e. The average molecular weight is 257 g/mol. The second-order valence-corrected chi connectivity index (χ2v) is 4.75. The Bertz CT molecular complexity index is 669. The van der Waals surface area contributed by atoms with Crippen LogP contribution >= 0.6 is 0 Å². The van der Waals surface area contributed by atoms with Crippen molar-refractivity contribution in [2.75, 3.05) is 0 Å². The van der Waals surface area contributed by atoms with Gasteiger partial charge in [0.1, 0.15) is 0 Å². The van der Waals surface area contributed by atoms with E-state index >= 15 is 0 Å². The second-order valence-electron chi connectivity index (χ2n) is 4.75. The van der Waals surface area contributed by atoms with Crippen LogP contribution in [0.3, 0.4) is 0 Å². The van der Waals surface area contributed by atoms with Gasteiger partial charge in [0, 0.05) is 17.8 Å². The zero-order valence-electron chi connectivity index (χ0n) is 10.7. The molecular weight excluding hydrogens is 242 g/mol. The molecule has 0 spiro atoms. The topological polar surface area (TPSA) is 66.9 Å². The molecule has 0 bridgehead atoms. The van der Waals surface area contributed by atoms with Crippen LogP contribution in [-0.2, 0) is 11.3 Å². The fourth-order valence-electron chi connectivity index (χ4n) is 2.20. The number of hydrogen-bond acceptors (Lipinski definition) is 3. The van der Waals surface area contributed by atoms with Crippen molar-refractivity contribution in [3.05, 3.63) is 24.3 Å². The standard InChI is InChI=1S/C14H15N3O2/c1-2-17-11-6-4-3-5-10(11)12(14(17)19)15-16-13(18)9-7-8-9/h3-6,9,19H,2,7-8H2,1H3. The Hall–Kier alpha value is -2.17. The average Bonchev–Trinajstić information content (AvgIpc) is 3.22. The summed E-state index contributed by atoms with van der Waals surface area (Å²) in [7, 11) is 0. The summed E-state index contributed by atoms with van der Waals surface area (Å²) < 4.78 is 1.76. The minimum absolute atomic E-state index is 0.0467. The van der Waals surface area contributed by atoms with Crippen LogP contribution in [0.15, 0.2) is 34.5 Å². The molecule has 5 heteroatoms. The molecule has 1 aliphatic rings. The molecule has 19 heavy (non-hydrogen) atoms. The van der Waals surface area contributed by atoms with Crippen molar-refractivity contribution in [3.63, 3.8) is 0 Å². The summed E-state index contributed by atoms with van der Waals surface area (Å²) in [5.74, 6) is -0.0748. The lowest BCUT2D eigenvalue weighted by atomic mass is 10.2. The van der Waals surface area contributed by atoms with Gasteiger partial charge in [0.05, 0.1) is 5.52 Å². The lowest BCUT2D eigenvalue weighted by Crippen LogP contribution is -1.92. The molecule has 2 aromatic rings. The van der Waals surface area contributed by atoms with Gasteiger partial charge >= 0.3 is 0 Å². The monoisotopic (exact) mass is 257 g/mol. The van der Waals surface area contributed by atoms with Crippen LogP contribution in [0.2, 0.25) is 0 Å². The third-order valence-corrected chi connectivity index (χ3v) is 3.41. The Morgan fingerprint density at radius 1 is 1.42 bits per heavy atom. The number of amides is 1. The van der Waals surface area contributed by atoms with Gasteiger partial charge in [0.25, 0.3) is 5.91 Å². The highest BCUT2D eigenvalue weighted by Gasteiger charge is 2.29. The third kappa shape index (κ3) is 2.01. The van der Waals surface area contributed by atoms with Crippen LogP contribution in [0, 0.1) is 5.92 Å². The number of carbonyl (C=O) groups is 1. The molecule has 1 heterocycles. The van der Waals surface area contributed by atoms with Gasteiger partial charge in [-0.15, -0.1) is 10.2 Å². The lowest BCUT2D eigenvalue weighted by Gasteiger charge is -2.00. The fraction of sp³-hybridized carbons (Fsp3) is 0.357. The van der Waals surface area contributed by atoms with Crippen LogP contribution < -0.4 is 0 Å². The van der Waals surface area contributed by atoms with E-state index in [0.29, 0.717) is 12.2 Å². The summed E-state index contributed by atoms with van der Waals surface area (Å²) >= 11 is 0. The van der Waals surface area contributed by atoms with Crippen molar-refractivity contribution in [2.45, 2.75) is 26.3 Å². The highest BCUT2D eigenvalue weighted by Crippen LogP contribution is 2.39. The number of aryl methyl sites for hydroxylation is 1. The number of nitrogens with zero attached hydrogens (tertiary/aromatic N) is 3. The van der Waals surface area contributed by atoms with Gasteiger partial charge in [0.15, 0.2) is 5.69 Å². The first-order valence-corrected chi connectivity index (χ1v) is 6.48. The molecule has 0 radical (unpaired) electrons. The maximum atomic E-state index is 11.6. The van der Waals surface area contributed by atoms with Crippen LogP contribution in [0.25, 0.3) is 10.9 Å². The molecule has 5 nitrogen and oxygen atoms in total. The molecule has 3 rings (SSSR count). The first-order chi connectivity index (χ1) is 9.22. The van der Waals surface area contributed by atoms with Crippen LogP contribution in [0.5, 0.6) is 5.88 Å². The van der Waals surface area contributed by atoms with Gasteiger partial charge in [-0.25, -0.2) is 0 Å². The van der Waals surface area contributed by atoms with Gasteiger partial charge in [-0.05, 0) is 25.8 Å². The number of aromatic hydroxyl groups is 1. The third-order valence-electron chi connectivity index (χ3n) is 3.41. The maximum Gasteiger partial charge on any atom is 0.267 e. The molecule has 1 aromatic carbocycles. The number of aromatic nitrogens is 1. The molecule has 0 unspecified atom stereocenters. The van der Waals surface area contributed by atoms with Crippen molar-refractivity contribution in [1.29, 1.82) is 0 Å². The van der Waals surface area contributed by atoms with Gasteiger partial charge in [-0.1, -0.05) is 18.2 Å². The van der Waals surface area contributed by atoms with E-state index < -0.39 is 0 Å². The first kappa shape index (κ1) is 11.9. The van der Waals surface area contributed by atoms with E-state index in [-0.39, 0.29) is 17.7 Å². The number of fused-ring (bicyclic) bond motifs is 1. The van der Waals surface area contributed by atoms with E-state index in [0.717, 1.165) is 23.7 Å². The smallest absolute Gasteiger partial charge is 0.267 e. The van der Waals surface area contributed by atoms with E-state index in [4.69, 9.17) is 0 Å². The van der Waals surface area contributed by atoms with E-state index in [9.17, 15) is 9.90 Å². The van der Waals surface area contributed by atoms with Crippen molar-refractivity contribution >= 4 is 22.5 Å². The highest BCUT2D eigenvalue weighted by atomic mass is 16.3. The van der Waals surface area contributed by atoms with Gasteiger partial charge in [0.2, 0.25) is 5.88 Å². The van der Waals surface area contributed by atoms with Crippen LogP contribution in [0.4, 0.5) is 5.69 Å². The highest BCUT2D eigenvalue weighted by molar-refractivity contribution is 5.95. The molecule has 1 saturated carbocycles. The number of carbonyl (C=O) groups excluding carboxylic acids is 1. The number of hydrogen-bond donors (Lipinski definition) is 1. The number of para-hydroxylation sites is 1. The summed E-state index contributed by atoms with van der Waals surface area (Å²) in [5.41, 5.74) is 1.28. The first-order valence-electron chi connectivity index (χ1n) is 6.48. The fourth-order valence-corrected chi connectivity index (χ4v) is 2.20. The molecule has 98 valence electrons. The van der Waals surface area contributed by atoms with Gasteiger partial charge in [-0.3, -0.25) is 4.79 Å². The maximum absolute atomic E-state index is 11.6. The SMILES string of the molecule is CCn1c(O)c(N=NC(=O)C2CC2)c2ccccc21. The predicted molar refractivity (Wildman–Crippen MR) is 71.5 cm³/mol. The summed E-state index contributed by atoms with van der Waals surface area (Å²) in [5, 5.41) is 18.7. The number of rotatable bonds is 3. The minimum atomic E-state index is -0.187. The molecule has 1 aliphatic carbocycles. The Morgan fingerprint density at radius 3 is 2.84 bits per heavy atom. The Kier molecular flexibility index (Phi) is 2.81. The van der Waals surface area contributed by atoms with Crippen LogP contribution in [-0.4, -0.2) is 15.6 Å². The zero-order valence-corrected chi connectivity index (χ0v) is 10.7. The lowest BCUT2D eigenvalue weighted by molar-refractivity contribution is -0.119.